The molecule has 0 heterocycles. The summed E-state index contributed by atoms with van der Waals surface area (Å²) in [7, 11) is 0. The molecule has 0 aromatic heterocycles. The average molecular weight is 292 g/mol. The molecule has 0 saturated heterocycles. The third-order valence-electron chi connectivity index (χ3n) is 4.03. The van der Waals surface area contributed by atoms with E-state index < -0.39 is 16.9 Å². The van der Waals surface area contributed by atoms with E-state index in [0.717, 1.165) is 5.56 Å². The molecule has 0 radical (unpaired) electrons. The quantitative estimate of drug-likeness (QED) is 0.871. The number of hydrogen-bond acceptors (Lipinski definition) is 3. The molecule has 1 aromatic rings. The molecule has 0 saturated carbocycles. The van der Waals surface area contributed by atoms with Gasteiger partial charge in [-0.1, -0.05) is 17.7 Å². The zero-order valence-corrected chi connectivity index (χ0v) is 13.3. The van der Waals surface area contributed by atoms with Crippen molar-refractivity contribution in [3.05, 3.63) is 29.8 Å². The fourth-order valence-electron chi connectivity index (χ4n) is 1.75. The Hall–Kier alpha value is -1.88. The Kier molecular flexibility index (Phi) is 4.79. The highest BCUT2D eigenvalue weighted by atomic mass is 16.4. The van der Waals surface area contributed by atoms with Crippen LogP contribution in [0.15, 0.2) is 24.3 Å². The summed E-state index contributed by atoms with van der Waals surface area (Å²) < 4.78 is 0. The van der Waals surface area contributed by atoms with Crippen molar-refractivity contribution in [3.63, 3.8) is 0 Å². The normalized spacial score (nSPS) is 12.1. The molecular weight excluding hydrogens is 268 g/mol. The first-order valence-corrected chi connectivity index (χ1v) is 6.86. The number of rotatable bonds is 5. The number of carbonyl (C=O) groups is 2. The molecule has 1 amide bonds. The van der Waals surface area contributed by atoms with E-state index in [4.69, 9.17) is 10.8 Å². The van der Waals surface area contributed by atoms with Gasteiger partial charge < -0.3 is 15.7 Å². The Bertz CT molecular complexity index is 527. The monoisotopic (exact) mass is 292 g/mol. The van der Waals surface area contributed by atoms with E-state index in [0.29, 0.717) is 5.69 Å². The lowest BCUT2D eigenvalue weighted by atomic mass is 9.74. The first-order valence-electron chi connectivity index (χ1n) is 6.86. The summed E-state index contributed by atoms with van der Waals surface area (Å²) in [4.78, 5) is 25.2. The van der Waals surface area contributed by atoms with Gasteiger partial charge in [0.05, 0.1) is 5.41 Å². The van der Waals surface area contributed by atoms with E-state index in [1.165, 1.54) is 4.90 Å². The second-order valence-corrected chi connectivity index (χ2v) is 6.47. The second-order valence-electron chi connectivity index (χ2n) is 6.47. The van der Waals surface area contributed by atoms with Crippen molar-refractivity contribution < 1.29 is 14.7 Å². The fraction of sp³-hybridized carbons (Fsp3) is 0.500. The van der Waals surface area contributed by atoms with E-state index in [-0.39, 0.29) is 12.5 Å². The number of aryl methyl sites for hydroxylation is 1. The molecule has 5 nitrogen and oxygen atoms in total. The molecular formula is C16H24N2O3. The molecule has 3 N–H and O–H groups in total. The van der Waals surface area contributed by atoms with Gasteiger partial charge >= 0.3 is 5.97 Å². The number of carbonyl (C=O) groups excluding carboxylic acids is 1. The smallest absolute Gasteiger partial charge is 0.323 e. The van der Waals surface area contributed by atoms with E-state index in [1.807, 2.05) is 19.1 Å². The molecule has 0 unspecified atom stereocenters. The second kappa shape index (κ2) is 5.85. The summed E-state index contributed by atoms with van der Waals surface area (Å²) in [5.41, 5.74) is 6.02. The topological polar surface area (TPSA) is 83.6 Å². The van der Waals surface area contributed by atoms with Crippen LogP contribution in [0.25, 0.3) is 0 Å². The van der Waals surface area contributed by atoms with Crippen LogP contribution in [-0.2, 0) is 9.59 Å². The van der Waals surface area contributed by atoms with Gasteiger partial charge in [0, 0.05) is 11.2 Å². The van der Waals surface area contributed by atoms with Gasteiger partial charge in [-0.3, -0.25) is 9.59 Å². The number of anilines is 1. The number of amides is 1. The standard InChI is InChI=1S/C16H24N2O3/c1-11-6-8-12(9-7-11)18(10-13(19)20)14(21)15(2,3)16(4,5)17/h6-9H,10,17H2,1-5H3,(H,19,20). The van der Waals surface area contributed by atoms with Crippen LogP contribution in [0.2, 0.25) is 0 Å². The summed E-state index contributed by atoms with van der Waals surface area (Å²) in [5, 5.41) is 9.09. The van der Waals surface area contributed by atoms with Crippen LogP contribution in [0.4, 0.5) is 5.69 Å². The predicted octanol–water partition coefficient (Wildman–Crippen LogP) is 2.18. The summed E-state index contributed by atoms with van der Waals surface area (Å²) >= 11 is 0. The van der Waals surface area contributed by atoms with Crippen molar-refractivity contribution in [1.29, 1.82) is 0 Å². The van der Waals surface area contributed by atoms with Gasteiger partial charge in [-0.05, 0) is 46.8 Å². The third kappa shape index (κ3) is 3.82. The van der Waals surface area contributed by atoms with Crippen molar-refractivity contribution in [2.24, 2.45) is 11.1 Å². The largest absolute Gasteiger partial charge is 0.480 e. The average Bonchev–Trinajstić information content (AvgIpc) is 2.34. The number of nitrogens with two attached hydrogens (primary N) is 1. The number of benzene rings is 1. The first kappa shape index (κ1) is 17.2. The molecule has 5 heteroatoms. The van der Waals surface area contributed by atoms with Gasteiger partial charge in [0.2, 0.25) is 5.91 Å². The minimum Gasteiger partial charge on any atom is -0.480 e. The maximum atomic E-state index is 12.8. The Morgan fingerprint density at radius 1 is 1.14 bits per heavy atom. The van der Waals surface area contributed by atoms with Crippen LogP contribution in [0, 0.1) is 12.3 Å². The highest BCUT2D eigenvalue weighted by Crippen LogP contribution is 2.32. The Morgan fingerprint density at radius 2 is 1.62 bits per heavy atom. The van der Waals surface area contributed by atoms with Gasteiger partial charge in [0.25, 0.3) is 0 Å². The van der Waals surface area contributed by atoms with Gasteiger partial charge in [-0.15, -0.1) is 0 Å². The van der Waals surface area contributed by atoms with Crippen molar-refractivity contribution >= 4 is 17.6 Å². The van der Waals surface area contributed by atoms with Gasteiger partial charge in [-0.2, -0.15) is 0 Å². The molecule has 1 rings (SSSR count). The van der Waals surface area contributed by atoms with Gasteiger partial charge in [0.1, 0.15) is 6.54 Å². The van der Waals surface area contributed by atoms with E-state index >= 15 is 0 Å². The third-order valence-corrected chi connectivity index (χ3v) is 4.03. The molecule has 116 valence electrons. The van der Waals surface area contributed by atoms with E-state index in [1.54, 1.807) is 39.8 Å². The fourth-order valence-corrected chi connectivity index (χ4v) is 1.75. The molecule has 0 spiro atoms. The van der Waals surface area contributed by atoms with Crippen LogP contribution in [0.1, 0.15) is 33.3 Å². The van der Waals surface area contributed by atoms with Crippen molar-refractivity contribution in [2.45, 2.75) is 40.2 Å². The Labute approximate surface area is 125 Å². The van der Waals surface area contributed by atoms with Crippen molar-refractivity contribution in [2.75, 3.05) is 11.4 Å². The highest BCUT2D eigenvalue weighted by molar-refractivity contribution is 6.01. The maximum Gasteiger partial charge on any atom is 0.323 e. The molecule has 0 aliphatic heterocycles. The number of carboxylic acids is 1. The van der Waals surface area contributed by atoms with Crippen LogP contribution >= 0.6 is 0 Å². The van der Waals surface area contributed by atoms with Gasteiger partial charge in [0.15, 0.2) is 0 Å². The lowest BCUT2D eigenvalue weighted by Gasteiger charge is -2.40. The predicted molar refractivity (Wildman–Crippen MR) is 83.2 cm³/mol. The zero-order valence-electron chi connectivity index (χ0n) is 13.3. The van der Waals surface area contributed by atoms with E-state index in [2.05, 4.69) is 0 Å². The number of aliphatic carboxylic acids is 1. The lowest BCUT2D eigenvalue weighted by molar-refractivity contribution is -0.138. The maximum absolute atomic E-state index is 12.8. The highest BCUT2D eigenvalue weighted by Gasteiger charge is 2.43. The van der Waals surface area contributed by atoms with Crippen LogP contribution in [0.5, 0.6) is 0 Å². The van der Waals surface area contributed by atoms with Crippen molar-refractivity contribution in [3.8, 4) is 0 Å². The van der Waals surface area contributed by atoms with Gasteiger partial charge in [-0.25, -0.2) is 0 Å². The van der Waals surface area contributed by atoms with E-state index in [9.17, 15) is 9.59 Å². The van der Waals surface area contributed by atoms with Crippen LogP contribution < -0.4 is 10.6 Å². The minimum absolute atomic E-state index is 0.304. The van der Waals surface area contributed by atoms with Crippen LogP contribution in [0.3, 0.4) is 0 Å². The first-order chi connectivity index (χ1) is 9.46. The lowest BCUT2D eigenvalue weighted by Crippen LogP contribution is -2.57. The summed E-state index contributed by atoms with van der Waals surface area (Å²) in [6.45, 7) is 8.54. The molecule has 21 heavy (non-hydrogen) atoms. The molecule has 1 aromatic carbocycles. The zero-order chi connectivity index (χ0) is 16.4. The Morgan fingerprint density at radius 3 is 2.00 bits per heavy atom. The molecule has 0 aliphatic rings. The molecule has 0 fully saturated rings. The number of nitrogens with zero attached hydrogens (tertiary/aromatic N) is 1. The molecule has 0 atom stereocenters. The number of hydrogen-bond donors (Lipinski definition) is 2. The molecule has 0 bridgehead atoms. The number of carboxylic acid groups (broad SMARTS) is 1. The van der Waals surface area contributed by atoms with Crippen LogP contribution in [-0.4, -0.2) is 29.1 Å². The van der Waals surface area contributed by atoms with Crippen molar-refractivity contribution in [1.82, 2.24) is 0 Å². The molecule has 0 aliphatic carbocycles. The summed E-state index contributed by atoms with van der Waals surface area (Å²) in [6.07, 6.45) is 0. The minimum atomic E-state index is -1.06. The summed E-state index contributed by atoms with van der Waals surface area (Å²) in [5.74, 6) is -1.36. The Balaban J connectivity index is 3.23. The SMILES string of the molecule is Cc1ccc(N(CC(=O)O)C(=O)C(C)(C)C(C)(C)N)cc1. The summed E-state index contributed by atoms with van der Waals surface area (Å²) in [6, 6.07) is 7.18.